The fourth-order valence-corrected chi connectivity index (χ4v) is 4.14. The van der Waals surface area contributed by atoms with E-state index in [4.69, 9.17) is 18.3 Å². The van der Waals surface area contributed by atoms with Crippen LogP contribution in [0.2, 0.25) is 0 Å². The third-order valence-electron chi connectivity index (χ3n) is 4.99. The Labute approximate surface area is 213 Å². The van der Waals surface area contributed by atoms with Gasteiger partial charge >= 0.3 is 25.8 Å². The van der Waals surface area contributed by atoms with Crippen LogP contribution < -0.4 is 11.2 Å². The van der Waals surface area contributed by atoms with Crippen molar-refractivity contribution in [2.45, 2.75) is 44.3 Å². The second-order valence-corrected chi connectivity index (χ2v) is 9.35. The summed E-state index contributed by atoms with van der Waals surface area (Å²) < 4.78 is 66.2. The lowest BCUT2D eigenvalue weighted by Gasteiger charge is -2.31. The van der Waals surface area contributed by atoms with Gasteiger partial charge in [0, 0.05) is 12.3 Å². The van der Waals surface area contributed by atoms with Crippen molar-refractivity contribution in [3.05, 3.63) is 33.1 Å². The molecule has 0 saturated carbocycles. The Balaban J connectivity index is 2.23. The highest BCUT2D eigenvalue weighted by atomic mass is 31.2. The Bertz CT molecular complexity index is 1100. The monoisotopic (exact) mass is 574 g/mol. The number of phosphoric acid groups is 1. The van der Waals surface area contributed by atoms with Crippen LogP contribution in [0.5, 0.6) is 0 Å². The van der Waals surface area contributed by atoms with Gasteiger partial charge in [-0.05, 0) is 20.8 Å². The molecule has 19 heteroatoms. The first kappa shape index (κ1) is 31.4. The molecule has 0 aliphatic carbocycles. The zero-order valence-corrected chi connectivity index (χ0v) is 21.4. The number of halogens is 1. The quantitative estimate of drug-likeness (QED) is 0.164. The Morgan fingerprint density at radius 2 is 1.66 bits per heavy atom. The number of ether oxygens (including phenoxy) is 5. The lowest BCUT2D eigenvalue weighted by Crippen LogP contribution is -2.53. The normalized spacial score (nSPS) is 25.1. The highest BCUT2D eigenvalue weighted by Crippen LogP contribution is 2.52. The number of nitrogens with zero attached hydrogens (tertiary/aromatic N) is 1. The number of hydrogen-bond acceptors (Lipinski definition) is 15. The Hall–Kier alpha value is -2.86. The number of nitrogens with one attached hydrogen (secondary N) is 1. The molecule has 0 radical (unpaired) electrons. The van der Waals surface area contributed by atoms with Crippen LogP contribution in [0, 0.1) is 0 Å². The maximum atomic E-state index is 14.3. The Morgan fingerprint density at radius 3 is 2.13 bits per heavy atom. The first-order valence-electron chi connectivity index (χ1n) is 10.9. The Morgan fingerprint density at radius 1 is 1.11 bits per heavy atom. The standard InChI is InChI=1S/C19H28FN2O15P/c1-4-30-16(26)32-10-35-38(29,36-11-33-17(27)31-5-2)34-9-19(8-20)13(24)18(3,28)14(37-19)22-7-6-12(23)21-15(22)25/h6-7,13-14,24,28H,4-5,8-11H2,1-3H3,(H,21,23,25)/t13-,14+,18+,19+/m0/s1. The Kier molecular flexibility index (Phi) is 11.0. The molecule has 0 aromatic carbocycles. The summed E-state index contributed by atoms with van der Waals surface area (Å²) in [4.78, 5) is 48.2. The number of aliphatic hydroxyl groups is 2. The van der Waals surface area contributed by atoms with Crippen LogP contribution in [0.4, 0.5) is 14.0 Å². The number of hydrogen-bond donors (Lipinski definition) is 3. The number of H-pyrrole nitrogens is 1. The second kappa shape index (κ2) is 13.3. The van der Waals surface area contributed by atoms with Gasteiger partial charge in [0.1, 0.15) is 18.4 Å². The van der Waals surface area contributed by atoms with E-state index >= 15 is 0 Å². The summed E-state index contributed by atoms with van der Waals surface area (Å²) >= 11 is 0. The maximum absolute atomic E-state index is 14.3. The summed E-state index contributed by atoms with van der Waals surface area (Å²) in [6.45, 7) is -0.927. The molecule has 1 aromatic heterocycles. The second-order valence-electron chi connectivity index (χ2n) is 7.68. The SMILES string of the molecule is CCOC(=O)OCOP(=O)(OCOC(=O)OCC)OC[C@@]1(CF)O[C@@H](n2ccc(=O)[nH]c2=O)[C@](C)(O)[C@@H]1O. The van der Waals surface area contributed by atoms with Gasteiger partial charge in [-0.15, -0.1) is 0 Å². The van der Waals surface area contributed by atoms with E-state index in [1.54, 1.807) is 0 Å². The summed E-state index contributed by atoms with van der Waals surface area (Å²) in [5.74, 6) is 0. The summed E-state index contributed by atoms with van der Waals surface area (Å²) in [7, 11) is -4.87. The van der Waals surface area contributed by atoms with Crippen molar-refractivity contribution >= 4 is 20.1 Å². The zero-order chi connectivity index (χ0) is 28.6. The number of carbonyl (C=O) groups excluding carboxylic acids is 2. The van der Waals surface area contributed by atoms with Crippen molar-refractivity contribution in [3.63, 3.8) is 0 Å². The summed E-state index contributed by atoms with van der Waals surface area (Å²) in [5, 5.41) is 21.6. The molecule has 0 amide bonds. The average Bonchev–Trinajstić information content (AvgIpc) is 3.04. The van der Waals surface area contributed by atoms with E-state index in [1.807, 2.05) is 4.98 Å². The number of carbonyl (C=O) groups is 2. The molecule has 1 aliphatic rings. The van der Waals surface area contributed by atoms with Gasteiger partial charge in [-0.2, -0.15) is 0 Å². The van der Waals surface area contributed by atoms with Crippen molar-refractivity contribution in [1.82, 2.24) is 9.55 Å². The summed E-state index contributed by atoms with van der Waals surface area (Å²) in [5.41, 5.74) is -6.62. The van der Waals surface area contributed by atoms with Gasteiger partial charge in [-0.1, -0.05) is 0 Å². The fraction of sp³-hybridized carbons (Fsp3) is 0.684. The third kappa shape index (κ3) is 7.59. The van der Waals surface area contributed by atoms with Crippen LogP contribution in [-0.2, 0) is 41.8 Å². The van der Waals surface area contributed by atoms with Gasteiger partial charge in [0.25, 0.3) is 5.56 Å². The molecule has 1 aromatic rings. The van der Waals surface area contributed by atoms with Gasteiger partial charge in [0.15, 0.2) is 11.8 Å². The minimum Gasteiger partial charge on any atom is -0.435 e. The van der Waals surface area contributed by atoms with E-state index in [9.17, 15) is 38.3 Å². The van der Waals surface area contributed by atoms with Gasteiger partial charge < -0.3 is 33.9 Å². The van der Waals surface area contributed by atoms with E-state index in [0.29, 0.717) is 4.57 Å². The molecule has 4 atom stereocenters. The predicted octanol–water partition coefficient (Wildman–Crippen LogP) is 0.305. The van der Waals surface area contributed by atoms with Crippen LogP contribution in [0.15, 0.2) is 21.9 Å². The van der Waals surface area contributed by atoms with E-state index < -0.39 is 81.8 Å². The van der Waals surface area contributed by atoms with E-state index in [2.05, 4.69) is 18.9 Å². The third-order valence-corrected chi connectivity index (χ3v) is 6.28. The molecule has 1 aliphatic heterocycles. The molecule has 1 saturated heterocycles. The number of aromatic nitrogens is 2. The highest BCUT2D eigenvalue weighted by molar-refractivity contribution is 7.48. The van der Waals surface area contributed by atoms with Crippen molar-refractivity contribution in [1.29, 1.82) is 0 Å². The summed E-state index contributed by atoms with van der Waals surface area (Å²) in [6, 6.07) is 0.919. The molecule has 3 N–H and O–H groups in total. The molecule has 0 unspecified atom stereocenters. The van der Waals surface area contributed by atoms with Crippen molar-refractivity contribution in [2.75, 3.05) is 40.1 Å². The van der Waals surface area contributed by atoms with Crippen LogP contribution in [0.1, 0.15) is 27.0 Å². The number of alkyl halides is 1. The molecule has 0 spiro atoms. The van der Waals surface area contributed by atoms with Gasteiger partial charge in [0.2, 0.25) is 13.6 Å². The minimum atomic E-state index is -4.87. The smallest absolute Gasteiger partial charge is 0.435 e. The molecule has 17 nitrogen and oxygen atoms in total. The van der Waals surface area contributed by atoms with E-state index in [-0.39, 0.29) is 13.2 Å². The lowest BCUT2D eigenvalue weighted by molar-refractivity contribution is -0.141. The predicted molar refractivity (Wildman–Crippen MR) is 118 cm³/mol. The number of aliphatic hydroxyl groups excluding tert-OH is 1. The average molecular weight is 574 g/mol. The first-order valence-corrected chi connectivity index (χ1v) is 12.4. The van der Waals surface area contributed by atoms with Crippen LogP contribution in [-0.4, -0.2) is 89.5 Å². The van der Waals surface area contributed by atoms with E-state index in [0.717, 1.165) is 19.2 Å². The molecule has 0 bridgehead atoms. The highest BCUT2D eigenvalue weighted by Gasteiger charge is 2.63. The molecule has 2 rings (SSSR count). The van der Waals surface area contributed by atoms with Crippen LogP contribution in [0.3, 0.4) is 0 Å². The number of rotatable bonds is 13. The summed E-state index contributed by atoms with van der Waals surface area (Å²) in [6.07, 6.45) is -5.33. The molecule has 2 heterocycles. The van der Waals surface area contributed by atoms with Gasteiger partial charge in [-0.25, -0.2) is 32.4 Å². The van der Waals surface area contributed by atoms with Crippen LogP contribution >= 0.6 is 7.82 Å². The van der Waals surface area contributed by atoms with Gasteiger partial charge in [-0.3, -0.25) is 18.9 Å². The largest absolute Gasteiger partial charge is 0.510 e. The topological polar surface area (TPSA) is 220 Å². The molecule has 1 fully saturated rings. The molecule has 38 heavy (non-hydrogen) atoms. The molecular weight excluding hydrogens is 546 g/mol. The lowest BCUT2D eigenvalue weighted by atomic mass is 9.88. The molecule has 216 valence electrons. The fourth-order valence-electron chi connectivity index (χ4n) is 3.18. The first-order chi connectivity index (χ1) is 17.8. The minimum absolute atomic E-state index is 0.0510. The number of phosphoric ester groups is 1. The maximum Gasteiger partial charge on any atom is 0.510 e. The molecular formula is C19H28FN2O15P. The van der Waals surface area contributed by atoms with Gasteiger partial charge in [0.05, 0.1) is 19.8 Å². The van der Waals surface area contributed by atoms with E-state index in [1.165, 1.54) is 13.8 Å². The van der Waals surface area contributed by atoms with Crippen LogP contribution in [0.25, 0.3) is 0 Å². The van der Waals surface area contributed by atoms with Crippen molar-refractivity contribution < 1.29 is 66.0 Å². The van der Waals surface area contributed by atoms with Crippen molar-refractivity contribution in [3.8, 4) is 0 Å². The van der Waals surface area contributed by atoms with Crippen molar-refractivity contribution in [2.24, 2.45) is 0 Å². The number of aromatic amines is 1. The zero-order valence-electron chi connectivity index (χ0n) is 20.5.